The summed E-state index contributed by atoms with van der Waals surface area (Å²) in [6.07, 6.45) is 1.83. The molecule has 1 saturated heterocycles. The second-order valence-corrected chi connectivity index (χ2v) is 7.52. The van der Waals surface area contributed by atoms with Gasteiger partial charge in [-0.15, -0.1) is 0 Å². The number of hydrogen-bond acceptors (Lipinski definition) is 4. The van der Waals surface area contributed by atoms with Gasteiger partial charge < -0.3 is 14.6 Å². The number of hydrogen-bond donors (Lipinski definition) is 1. The predicted molar refractivity (Wildman–Crippen MR) is 120 cm³/mol. The maximum atomic E-state index is 5.95. The molecule has 2 aromatic carbocycles. The number of anilines is 1. The average molecular weight is 415 g/mol. The molecule has 1 aliphatic heterocycles. The molecule has 0 spiro atoms. The van der Waals surface area contributed by atoms with E-state index in [0.29, 0.717) is 0 Å². The van der Waals surface area contributed by atoms with E-state index >= 15 is 0 Å². The van der Waals surface area contributed by atoms with E-state index in [1.807, 2.05) is 60.8 Å². The molecule has 0 saturated carbocycles. The number of morpholine rings is 1. The molecule has 148 valence electrons. The number of pyridine rings is 1. The largest absolute Gasteiger partial charge is 0.378 e. The highest BCUT2D eigenvalue weighted by atomic mass is 35.5. The number of halogens is 1. The van der Waals surface area contributed by atoms with Crippen molar-refractivity contribution in [3.05, 3.63) is 77.1 Å². The third kappa shape index (κ3) is 4.02. The van der Waals surface area contributed by atoms with Gasteiger partial charge in [-0.3, -0.25) is 0 Å². The summed E-state index contributed by atoms with van der Waals surface area (Å²) >= 11 is 5.95. The first-order valence-electron chi connectivity index (χ1n) is 9.81. The Morgan fingerprint density at radius 3 is 2.50 bits per heavy atom. The van der Waals surface area contributed by atoms with Gasteiger partial charge in [-0.25, -0.2) is 9.97 Å². The zero-order chi connectivity index (χ0) is 20.3. The highest BCUT2D eigenvalue weighted by Crippen LogP contribution is 2.21. The third-order valence-electron chi connectivity index (χ3n) is 5.06. The minimum absolute atomic E-state index is 0.723. The van der Waals surface area contributed by atoms with Crippen LogP contribution in [0.1, 0.15) is 11.3 Å². The van der Waals surface area contributed by atoms with Gasteiger partial charge in [0, 0.05) is 35.4 Å². The van der Waals surface area contributed by atoms with Gasteiger partial charge in [0.05, 0.1) is 24.2 Å². The Morgan fingerprint density at radius 1 is 0.933 bits per heavy atom. The van der Waals surface area contributed by atoms with Crippen molar-refractivity contribution < 1.29 is 4.74 Å². The molecule has 2 aromatic heterocycles. The van der Waals surface area contributed by atoms with E-state index in [2.05, 4.69) is 31.7 Å². The number of nitrogens with one attached hydrogen (secondary N) is 1. The molecule has 0 radical (unpaired) electrons. The van der Waals surface area contributed by atoms with Gasteiger partial charge in [0.25, 0.3) is 0 Å². The fraction of sp³-hybridized carbons (Fsp3) is 0.167. The molecule has 30 heavy (non-hydrogen) atoms. The predicted octanol–water partition coefficient (Wildman–Crippen LogP) is 4.51. The highest BCUT2D eigenvalue weighted by Gasteiger charge is 2.14. The van der Waals surface area contributed by atoms with Crippen LogP contribution in [-0.2, 0) is 4.74 Å². The first kappa shape index (κ1) is 18.7. The summed E-state index contributed by atoms with van der Waals surface area (Å²) in [5.41, 5.74) is 5.68. The molecule has 0 aliphatic carbocycles. The maximum Gasteiger partial charge on any atom is 0.203 e. The maximum absolute atomic E-state index is 5.95. The molecule has 4 aromatic rings. The normalized spacial score (nSPS) is 13.8. The standard InChI is InChI=1S/C24H19ClN4O/c25-20-6-3-18(4-7-20)19-5-9-21(26-16-19)8-1-17-2-10-22-23(15-17)28-24(27-22)29-11-13-30-14-12-29/h2-7,9-10,15-16H,11-14H2,(H,27,28). The van der Waals surface area contributed by atoms with Crippen molar-refractivity contribution in [1.82, 2.24) is 15.0 Å². The zero-order valence-electron chi connectivity index (χ0n) is 16.2. The van der Waals surface area contributed by atoms with Gasteiger partial charge in [-0.05, 0) is 47.9 Å². The summed E-state index contributed by atoms with van der Waals surface area (Å²) in [6.45, 7) is 3.17. The molecule has 0 atom stereocenters. The Balaban J connectivity index is 1.35. The number of fused-ring (bicyclic) bond motifs is 1. The van der Waals surface area contributed by atoms with E-state index in [1.54, 1.807) is 0 Å². The Labute approximate surface area is 179 Å². The molecule has 0 bridgehead atoms. The summed E-state index contributed by atoms with van der Waals surface area (Å²) < 4.78 is 5.41. The van der Waals surface area contributed by atoms with Gasteiger partial charge in [0.2, 0.25) is 5.95 Å². The van der Waals surface area contributed by atoms with Gasteiger partial charge >= 0.3 is 0 Å². The SMILES string of the molecule is Clc1ccc(-c2ccc(C#Cc3ccc4nc(N5CCOCC5)[nH]c4c3)nc2)cc1. The summed E-state index contributed by atoms with van der Waals surface area (Å²) in [5.74, 6) is 7.22. The zero-order valence-corrected chi connectivity index (χ0v) is 17.0. The summed E-state index contributed by atoms with van der Waals surface area (Å²) in [4.78, 5) is 14.8. The Morgan fingerprint density at radius 2 is 1.73 bits per heavy atom. The monoisotopic (exact) mass is 414 g/mol. The molecular formula is C24H19ClN4O. The lowest BCUT2D eigenvalue weighted by Crippen LogP contribution is -2.36. The Bertz CT molecular complexity index is 1230. The molecule has 0 unspecified atom stereocenters. The van der Waals surface area contributed by atoms with Crippen LogP contribution in [0.2, 0.25) is 5.02 Å². The third-order valence-corrected chi connectivity index (χ3v) is 5.31. The molecule has 6 heteroatoms. The van der Waals surface area contributed by atoms with Crippen molar-refractivity contribution >= 4 is 28.6 Å². The van der Waals surface area contributed by atoms with E-state index < -0.39 is 0 Å². The van der Waals surface area contributed by atoms with Crippen LogP contribution in [-0.4, -0.2) is 41.3 Å². The van der Waals surface area contributed by atoms with E-state index in [4.69, 9.17) is 16.3 Å². The topological polar surface area (TPSA) is 54.0 Å². The number of H-pyrrole nitrogens is 1. The number of aromatic nitrogens is 3. The number of rotatable bonds is 2. The van der Waals surface area contributed by atoms with Crippen LogP contribution >= 0.6 is 11.6 Å². The van der Waals surface area contributed by atoms with Crippen molar-refractivity contribution in [3.8, 4) is 23.0 Å². The van der Waals surface area contributed by atoms with Crippen LogP contribution in [0.3, 0.4) is 0 Å². The first-order valence-corrected chi connectivity index (χ1v) is 10.2. The van der Waals surface area contributed by atoms with E-state index in [9.17, 15) is 0 Å². The first-order chi connectivity index (χ1) is 14.7. The second-order valence-electron chi connectivity index (χ2n) is 7.08. The fourth-order valence-corrected chi connectivity index (χ4v) is 3.54. The average Bonchev–Trinajstić information content (AvgIpc) is 3.23. The van der Waals surface area contributed by atoms with Crippen LogP contribution in [0.4, 0.5) is 5.95 Å². The highest BCUT2D eigenvalue weighted by molar-refractivity contribution is 6.30. The molecule has 5 nitrogen and oxygen atoms in total. The van der Waals surface area contributed by atoms with Crippen molar-refractivity contribution in [2.24, 2.45) is 0 Å². The lowest BCUT2D eigenvalue weighted by Gasteiger charge is -2.26. The molecular weight excluding hydrogens is 396 g/mol. The van der Waals surface area contributed by atoms with Gasteiger partial charge in [-0.2, -0.15) is 0 Å². The van der Waals surface area contributed by atoms with Crippen molar-refractivity contribution in [2.45, 2.75) is 0 Å². The van der Waals surface area contributed by atoms with Crippen LogP contribution in [0.5, 0.6) is 0 Å². The number of ether oxygens (including phenoxy) is 1. The molecule has 0 amide bonds. The van der Waals surface area contributed by atoms with Gasteiger partial charge in [0.15, 0.2) is 0 Å². The Hall–Kier alpha value is -3.33. The van der Waals surface area contributed by atoms with Crippen LogP contribution in [0.15, 0.2) is 60.8 Å². The number of nitrogens with zero attached hydrogens (tertiary/aromatic N) is 3. The van der Waals surface area contributed by atoms with Gasteiger partial charge in [-0.1, -0.05) is 35.7 Å². The van der Waals surface area contributed by atoms with E-state index in [1.165, 1.54) is 0 Å². The van der Waals surface area contributed by atoms with Crippen molar-refractivity contribution in [1.29, 1.82) is 0 Å². The number of benzene rings is 2. The molecule has 1 aliphatic rings. The molecule has 3 heterocycles. The number of imidazole rings is 1. The van der Waals surface area contributed by atoms with Crippen LogP contribution < -0.4 is 4.90 Å². The smallest absolute Gasteiger partial charge is 0.203 e. The van der Waals surface area contributed by atoms with Crippen molar-refractivity contribution in [3.63, 3.8) is 0 Å². The fourth-order valence-electron chi connectivity index (χ4n) is 3.42. The minimum atomic E-state index is 0.723. The Kier molecular flexibility index (Phi) is 5.10. The summed E-state index contributed by atoms with van der Waals surface area (Å²) in [6, 6.07) is 17.7. The van der Waals surface area contributed by atoms with Crippen LogP contribution in [0, 0.1) is 11.8 Å². The lowest BCUT2D eigenvalue weighted by atomic mass is 10.1. The second kappa shape index (κ2) is 8.19. The van der Waals surface area contributed by atoms with Gasteiger partial charge in [0.1, 0.15) is 5.69 Å². The van der Waals surface area contributed by atoms with E-state index in [0.717, 1.165) is 70.7 Å². The molecule has 1 N–H and O–H groups in total. The number of aromatic amines is 1. The van der Waals surface area contributed by atoms with Crippen LogP contribution in [0.25, 0.3) is 22.2 Å². The summed E-state index contributed by atoms with van der Waals surface area (Å²) in [7, 11) is 0. The minimum Gasteiger partial charge on any atom is -0.378 e. The molecule has 5 rings (SSSR count). The summed E-state index contributed by atoms with van der Waals surface area (Å²) in [5, 5.41) is 0.723. The quantitative estimate of drug-likeness (QED) is 0.490. The van der Waals surface area contributed by atoms with Crippen molar-refractivity contribution in [2.75, 3.05) is 31.2 Å². The van der Waals surface area contributed by atoms with E-state index in [-0.39, 0.29) is 0 Å². The molecule has 1 fully saturated rings. The lowest BCUT2D eigenvalue weighted by molar-refractivity contribution is 0.122.